The van der Waals surface area contributed by atoms with Crippen LogP contribution in [-0.4, -0.2) is 19.9 Å². The summed E-state index contributed by atoms with van der Waals surface area (Å²) >= 11 is 6.16. The van der Waals surface area contributed by atoms with E-state index in [0.29, 0.717) is 21.9 Å². The molecule has 4 N–H and O–H groups in total. The van der Waals surface area contributed by atoms with Crippen LogP contribution in [0.2, 0.25) is 5.02 Å². The number of nitrogens with zero attached hydrogens (tertiary/aromatic N) is 3. The number of halogens is 1. The van der Waals surface area contributed by atoms with Gasteiger partial charge in [0.2, 0.25) is 5.95 Å². The van der Waals surface area contributed by atoms with Gasteiger partial charge in [-0.25, -0.2) is 4.98 Å². The number of nitrogens with one attached hydrogen (secondary N) is 2. The largest absolute Gasteiger partial charge is 0.368 e. The van der Waals surface area contributed by atoms with Gasteiger partial charge in [-0.15, -0.1) is 0 Å². The minimum absolute atomic E-state index is 0.159. The Hall–Kier alpha value is -3.45. The third-order valence-corrected chi connectivity index (χ3v) is 4.78. The van der Waals surface area contributed by atoms with Crippen molar-refractivity contribution in [2.75, 3.05) is 11.1 Å². The zero-order chi connectivity index (χ0) is 19.7. The Morgan fingerprint density at radius 1 is 1.21 bits per heavy atom. The van der Waals surface area contributed by atoms with Crippen molar-refractivity contribution >= 4 is 34.1 Å². The summed E-state index contributed by atoms with van der Waals surface area (Å²) in [6.07, 6.45) is 5.06. The van der Waals surface area contributed by atoms with Gasteiger partial charge in [-0.05, 0) is 42.1 Å². The Balaban J connectivity index is 1.73. The van der Waals surface area contributed by atoms with Gasteiger partial charge >= 0.3 is 0 Å². The number of aromatic amines is 1. The SMILES string of the molecule is C[C@H](Nc1nc(N)ncc1-c1ccncc1)c1cc2cccc(Cl)c2c(=O)[nH]1. The summed E-state index contributed by atoms with van der Waals surface area (Å²) < 4.78 is 0. The van der Waals surface area contributed by atoms with Crippen LogP contribution < -0.4 is 16.6 Å². The van der Waals surface area contributed by atoms with Gasteiger partial charge in [-0.1, -0.05) is 23.7 Å². The number of anilines is 2. The van der Waals surface area contributed by atoms with Gasteiger partial charge in [0.1, 0.15) is 5.82 Å². The lowest BCUT2D eigenvalue weighted by molar-refractivity contribution is 0.829. The number of hydrogen-bond acceptors (Lipinski definition) is 6. The molecular weight excluding hydrogens is 376 g/mol. The number of benzene rings is 1. The van der Waals surface area contributed by atoms with Crippen LogP contribution in [-0.2, 0) is 0 Å². The fourth-order valence-corrected chi connectivity index (χ4v) is 3.33. The highest BCUT2D eigenvalue weighted by atomic mass is 35.5. The summed E-state index contributed by atoms with van der Waals surface area (Å²) in [5, 5.41) is 4.99. The van der Waals surface area contributed by atoms with E-state index in [9.17, 15) is 4.79 Å². The van der Waals surface area contributed by atoms with Gasteiger partial charge in [0.25, 0.3) is 5.56 Å². The number of hydrogen-bond donors (Lipinski definition) is 3. The van der Waals surface area contributed by atoms with Crippen LogP contribution in [0.25, 0.3) is 21.9 Å². The quantitative estimate of drug-likeness (QED) is 0.487. The number of aromatic nitrogens is 4. The summed E-state index contributed by atoms with van der Waals surface area (Å²) in [6.45, 7) is 1.93. The van der Waals surface area contributed by atoms with Crippen LogP contribution in [0.4, 0.5) is 11.8 Å². The van der Waals surface area contributed by atoms with Crippen molar-refractivity contribution in [3.8, 4) is 11.1 Å². The molecule has 0 unspecified atom stereocenters. The topological polar surface area (TPSA) is 110 Å². The van der Waals surface area contributed by atoms with Crippen LogP contribution in [0.3, 0.4) is 0 Å². The number of nitrogens with two attached hydrogens (primary N) is 1. The van der Waals surface area contributed by atoms with Crippen LogP contribution in [0, 0.1) is 0 Å². The van der Waals surface area contributed by atoms with E-state index in [2.05, 4.69) is 25.3 Å². The van der Waals surface area contributed by atoms with E-state index < -0.39 is 0 Å². The Bertz CT molecular complexity index is 1210. The number of pyridine rings is 2. The summed E-state index contributed by atoms with van der Waals surface area (Å²) in [7, 11) is 0. The maximum atomic E-state index is 12.5. The number of rotatable bonds is 4. The van der Waals surface area contributed by atoms with Crippen molar-refractivity contribution in [1.82, 2.24) is 19.9 Å². The van der Waals surface area contributed by atoms with Gasteiger partial charge in [0.15, 0.2) is 0 Å². The number of H-pyrrole nitrogens is 1. The standard InChI is InChI=1S/C20H17ClN6O/c1-11(16-9-13-3-2-4-15(21)17(13)19(28)26-16)25-18-14(10-24-20(22)27-18)12-5-7-23-8-6-12/h2-11H,1H3,(H,26,28)(H3,22,24,25,27)/t11-/m0/s1. The molecule has 0 bridgehead atoms. The molecular formula is C20H17ClN6O. The minimum atomic E-state index is -0.244. The zero-order valence-corrected chi connectivity index (χ0v) is 15.7. The lowest BCUT2D eigenvalue weighted by Gasteiger charge is -2.18. The first-order chi connectivity index (χ1) is 13.5. The molecule has 1 aromatic carbocycles. The number of nitrogen functional groups attached to an aromatic ring is 1. The molecule has 8 heteroatoms. The Kier molecular flexibility index (Phi) is 4.67. The first-order valence-electron chi connectivity index (χ1n) is 8.64. The highest BCUT2D eigenvalue weighted by molar-refractivity contribution is 6.35. The fraction of sp³-hybridized carbons (Fsp3) is 0.100. The van der Waals surface area contributed by atoms with E-state index in [1.54, 1.807) is 24.7 Å². The van der Waals surface area contributed by atoms with Gasteiger partial charge < -0.3 is 16.0 Å². The molecule has 0 spiro atoms. The Morgan fingerprint density at radius 3 is 2.79 bits per heavy atom. The fourth-order valence-electron chi connectivity index (χ4n) is 3.06. The second kappa shape index (κ2) is 7.28. The van der Waals surface area contributed by atoms with Crippen LogP contribution >= 0.6 is 11.6 Å². The highest BCUT2D eigenvalue weighted by Gasteiger charge is 2.15. The van der Waals surface area contributed by atoms with E-state index >= 15 is 0 Å². The predicted octanol–water partition coefficient (Wildman–Crippen LogP) is 3.79. The van der Waals surface area contributed by atoms with Gasteiger partial charge in [0.05, 0.1) is 16.5 Å². The van der Waals surface area contributed by atoms with Crippen molar-refractivity contribution in [3.63, 3.8) is 0 Å². The summed E-state index contributed by atoms with van der Waals surface area (Å²) in [5.41, 5.74) is 7.95. The zero-order valence-electron chi connectivity index (χ0n) is 15.0. The molecule has 4 rings (SSSR count). The molecule has 140 valence electrons. The van der Waals surface area contributed by atoms with Gasteiger partial charge in [-0.3, -0.25) is 9.78 Å². The second-order valence-electron chi connectivity index (χ2n) is 6.35. The van der Waals surface area contributed by atoms with Crippen molar-refractivity contribution < 1.29 is 0 Å². The molecule has 0 aliphatic rings. The lowest BCUT2D eigenvalue weighted by Crippen LogP contribution is -2.17. The van der Waals surface area contributed by atoms with Crippen molar-refractivity contribution in [1.29, 1.82) is 0 Å². The normalized spacial score (nSPS) is 12.1. The summed E-state index contributed by atoms with van der Waals surface area (Å²) in [6, 6.07) is 10.8. The molecule has 0 aliphatic heterocycles. The molecule has 0 amide bonds. The first kappa shape index (κ1) is 17.9. The van der Waals surface area contributed by atoms with Crippen molar-refractivity contribution in [2.45, 2.75) is 13.0 Å². The molecule has 0 saturated carbocycles. The minimum Gasteiger partial charge on any atom is -0.368 e. The van der Waals surface area contributed by atoms with E-state index in [4.69, 9.17) is 17.3 Å². The van der Waals surface area contributed by atoms with Crippen molar-refractivity contribution in [2.24, 2.45) is 0 Å². The van der Waals surface area contributed by atoms with Crippen LogP contribution in [0.1, 0.15) is 18.7 Å². The molecule has 0 saturated heterocycles. The summed E-state index contributed by atoms with van der Waals surface area (Å²) in [5.74, 6) is 0.726. The molecule has 7 nitrogen and oxygen atoms in total. The molecule has 0 aliphatic carbocycles. The average molecular weight is 393 g/mol. The maximum Gasteiger partial charge on any atom is 0.257 e. The molecule has 28 heavy (non-hydrogen) atoms. The third kappa shape index (κ3) is 3.39. The average Bonchev–Trinajstić information content (AvgIpc) is 2.68. The maximum absolute atomic E-state index is 12.5. The monoisotopic (exact) mass is 392 g/mol. The van der Waals surface area contributed by atoms with Gasteiger partial charge in [-0.2, -0.15) is 4.98 Å². The van der Waals surface area contributed by atoms with Crippen LogP contribution in [0.5, 0.6) is 0 Å². The highest BCUT2D eigenvalue weighted by Crippen LogP contribution is 2.29. The van der Waals surface area contributed by atoms with E-state index in [-0.39, 0.29) is 17.5 Å². The molecule has 3 aromatic heterocycles. The first-order valence-corrected chi connectivity index (χ1v) is 9.01. The Morgan fingerprint density at radius 2 is 2.00 bits per heavy atom. The smallest absolute Gasteiger partial charge is 0.257 e. The van der Waals surface area contributed by atoms with E-state index in [0.717, 1.165) is 16.5 Å². The second-order valence-corrected chi connectivity index (χ2v) is 6.76. The van der Waals surface area contributed by atoms with Gasteiger partial charge in [0, 0.05) is 29.8 Å². The van der Waals surface area contributed by atoms with E-state index in [1.807, 2.05) is 37.3 Å². The van der Waals surface area contributed by atoms with Crippen LogP contribution in [0.15, 0.2) is 59.8 Å². The summed E-state index contributed by atoms with van der Waals surface area (Å²) in [4.78, 5) is 27.9. The number of fused-ring (bicyclic) bond motifs is 1. The third-order valence-electron chi connectivity index (χ3n) is 4.46. The lowest BCUT2D eigenvalue weighted by atomic mass is 10.1. The van der Waals surface area contributed by atoms with Crippen molar-refractivity contribution in [3.05, 3.63) is 76.1 Å². The molecule has 4 aromatic rings. The predicted molar refractivity (Wildman–Crippen MR) is 111 cm³/mol. The van der Waals surface area contributed by atoms with E-state index in [1.165, 1.54) is 0 Å². The Labute approximate surface area is 165 Å². The molecule has 3 heterocycles. The molecule has 1 atom stereocenters. The molecule has 0 fully saturated rings. The molecule has 0 radical (unpaired) electrons.